The molecule has 0 saturated carbocycles. The van der Waals surface area contributed by atoms with Crippen LogP contribution in [0.4, 0.5) is 11.7 Å². The normalized spacial score (nSPS) is 11.0. The number of benzene rings is 1. The van der Waals surface area contributed by atoms with Gasteiger partial charge in [-0.05, 0) is 18.2 Å². The zero-order valence-electron chi connectivity index (χ0n) is 10.6. The maximum atomic E-state index is 6.04. The molecule has 2 rings (SSSR count). The van der Waals surface area contributed by atoms with Gasteiger partial charge in [-0.2, -0.15) is 0 Å². The van der Waals surface area contributed by atoms with Gasteiger partial charge in [0.1, 0.15) is 0 Å². The Labute approximate surface area is 121 Å². The quantitative estimate of drug-likeness (QED) is 0.883. The molecule has 0 unspecified atom stereocenters. The van der Waals surface area contributed by atoms with E-state index in [2.05, 4.69) is 20.8 Å². The molecule has 19 heavy (non-hydrogen) atoms. The van der Waals surface area contributed by atoms with Crippen LogP contribution in [-0.4, -0.2) is 16.2 Å². The maximum absolute atomic E-state index is 6.04. The average Bonchev–Trinajstić information content (AvgIpc) is 2.78. The minimum atomic E-state index is 0.296. The lowest BCUT2D eigenvalue weighted by Gasteiger charge is -2.04. The molecule has 0 saturated heterocycles. The largest absolute Gasteiger partial charge is 0.406 e. The minimum absolute atomic E-state index is 0.296. The van der Waals surface area contributed by atoms with E-state index in [1.165, 1.54) is 0 Å². The zero-order chi connectivity index (χ0) is 13.8. The van der Waals surface area contributed by atoms with Gasteiger partial charge >= 0.3 is 6.01 Å². The third kappa shape index (κ3) is 4.09. The van der Waals surface area contributed by atoms with Crippen LogP contribution in [0.3, 0.4) is 0 Å². The Bertz CT molecular complexity index is 556. The number of halogens is 2. The van der Waals surface area contributed by atoms with Crippen LogP contribution in [0.25, 0.3) is 0 Å². The highest BCUT2D eigenvalue weighted by Gasteiger charge is 2.08. The van der Waals surface area contributed by atoms with Gasteiger partial charge in [-0.3, -0.25) is 0 Å². The second-order valence-electron chi connectivity index (χ2n) is 4.29. The number of nitrogens with one attached hydrogen (secondary N) is 2. The van der Waals surface area contributed by atoms with E-state index in [1.54, 1.807) is 18.2 Å². The Morgan fingerprint density at radius 2 is 2.05 bits per heavy atom. The average molecular weight is 301 g/mol. The Morgan fingerprint density at radius 3 is 2.74 bits per heavy atom. The molecule has 0 fully saturated rings. The predicted molar refractivity (Wildman–Crippen MR) is 76.0 cm³/mol. The smallest absolute Gasteiger partial charge is 0.320 e. The molecule has 5 nitrogen and oxygen atoms in total. The summed E-state index contributed by atoms with van der Waals surface area (Å²) in [5, 5.41) is 15.0. The third-order valence-electron chi connectivity index (χ3n) is 2.30. The Kier molecular flexibility index (Phi) is 4.63. The standard InChI is InChI=1S/C12H14Cl2N4O/c1-7(2)15-6-11-17-18-12(19-11)16-10-4-3-8(13)5-9(10)14/h3-5,7,15H,6H2,1-2H3,(H,16,18). The molecule has 7 heteroatoms. The lowest BCUT2D eigenvalue weighted by Crippen LogP contribution is -2.21. The first-order valence-electron chi connectivity index (χ1n) is 5.82. The van der Waals surface area contributed by atoms with Crippen molar-refractivity contribution in [1.29, 1.82) is 0 Å². The van der Waals surface area contributed by atoms with Gasteiger partial charge in [0.15, 0.2) is 0 Å². The van der Waals surface area contributed by atoms with E-state index in [-0.39, 0.29) is 0 Å². The van der Waals surface area contributed by atoms with E-state index < -0.39 is 0 Å². The molecule has 0 aliphatic carbocycles. The predicted octanol–water partition coefficient (Wildman–Crippen LogP) is 3.62. The topological polar surface area (TPSA) is 63.0 Å². The van der Waals surface area contributed by atoms with Crippen molar-refractivity contribution in [3.05, 3.63) is 34.1 Å². The fraction of sp³-hybridized carbons (Fsp3) is 0.333. The molecule has 102 valence electrons. The number of hydrogen-bond donors (Lipinski definition) is 2. The van der Waals surface area contributed by atoms with Gasteiger partial charge in [-0.1, -0.05) is 42.1 Å². The molecule has 1 aromatic carbocycles. The highest BCUT2D eigenvalue weighted by atomic mass is 35.5. The molecule has 0 amide bonds. The van der Waals surface area contributed by atoms with E-state index in [9.17, 15) is 0 Å². The van der Waals surface area contributed by atoms with E-state index in [0.717, 1.165) is 0 Å². The van der Waals surface area contributed by atoms with Gasteiger partial charge in [0.25, 0.3) is 0 Å². The number of nitrogens with zero attached hydrogens (tertiary/aromatic N) is 2. The summed E-state index contributed by atoms with van der Waals surface area (Å²) in [7, 11) is 0. The highest BCUT2D eigenvalue weighted by Crippen LogP contribution is 2.27. The molecule has 0 aliphatic rings. The van der Waals surface area contributed by atoms with Gasteiger partial charge in [0.05, 0.1) is 17.3 Å². The molecule has 0 spiro atoms. The Morgan fingerprint density at radius 1 is 1.26 bits per heavy atom. The second kappa shape index (κ2) is 6.23. The SMILES string of the molecule is CC(C)NCc1nnc(Nc2ccc(Cl)cc2Cl)o1. The summed E-state index contributed by atoms with van der Waals surface area (Å²) in [5.41, 5.74) is 0.665. The first-order chi connectivity index (χ1) is 9.04. The van der Waals surface area contributed by atoms with E-state index in [4.69, 9.17) is 27.6 Å². The first kappa shape index (κ1) is 14.1. The first-order valence-corrected chi connectivity index (χ1v) is 6.58. The summed E-state index contributed by atoms with van der Waals surface area (Å²) in [4.78, 5) is 0. The monoisotopic (exact) mass is 300 g/mol. The Hall–Kier alpha value is -1.30. The zero-order valence-corrected chi connectivity index (χ0v) is 12.1. The van der Waals surface area contributed by atoms with Crippen LogP contribution in [-0.2, 0) is 6.54 Å². The molecule has 1 aromatic heterocycles. The van der Waals surface area contributed by atoms with Crippen LogP contribution < -0.4 is 10.6 Å². The number of rotatable bonds is 5. The lowest BCUT2D eigenvalue weighted by molar-refractivity contribution is 0.460. The van der Waals surface area contributed by atoms with E-state index >= 15 is 0 Å². The summed E-state index contributed by atoms with van der Waals surface area (Å²) < 4.78 is 5.44. The van der Waals surface area contributed by atoms with E-state index in [1.807, 2.05) is 13.8 Å². The van der Waals surface area contributed by atoms with Gasteiger partial charge in [-0.25, -0.2) is 0 Å². The fourth-order valence-electron chi connectivity index (χ4n) is 1.37. The van der Waals surface area contributed by atoms with Crippen molar-refractivity contribution >= 4 is 34.9 Å². The van der Waals surface area contributed by atoms with Crippen molar-refractivity contribution in [3.8, 4) is 0 Å². The highest BCUT2D eigenvalue weighted by molar-refractivity contribution is 6.36. The molecule has 2 N–H and O–H groups in total. The van der Waals surface area contributed by atoms with Crippen molar-refractivity contribution in [2.75, 3.05) is 5.32 Å². The summed E-state index contributed by atoms with van der Waals surface area (Å²) >= 11 is 11.9. The molecule has 0 aliphatic heterocycles. The fourth-order valence-corrected chi connectivity index (χ4v) is 1.83. The lowest BCUT2D eigenvalue weighted by atomic mass is 10.3. The van der Waals surface area contributed by atoms with Crippen molar-refractivity contribution in [1.82, 2.24) is 15.5 Å². The van der Waals surface area contributed by atoms with Crippen LogP contribution in [0, 0.1) is 0 Å². The molecule has 2 aromatic rings. The minimum Gasteiger partial charge on any atom is -0.406 e. The van der Waals surface area contributed by atoms with Gasteiger partial charge in [0, 0.05) is 11.1 Å². The van der Waals surface area contributed by atoms with Crippen LogP contribution in [0.1, 0.15) is 19.7 Å². The summed E-state index contributed by atoms with van der Waals surface area (Å²) in [6.45, 7) is 4.62. The molecule has 1 heterocycles. The molecule has 0 radical (unpaired) electrons. The van der Waals surface area contributed by atoms with Gasteiger partial charge < -0.3 is 15.1 Å². The molecule has 0 bridgehead atoms. The summed E-state index contributed by atoms with van der Waals surface area (Å²) in [5.74, 6) is 0.515. The Balaban J connectivity index is 2.03. The van der Waals surface area contributed by atoms with Crippen LogP contribution in [0.15, 0.2) is 22.6 Å². The number of hydrogen-bond acceptors (Lipinski definition) is 5. The molecular weight excluding hydrogens is 287 g/mol. The van der Waals surface area contributed by atoms with Crippen molar-refractivity contribution in [2.45, 2.75) is 26.4 Å². The van der Waals surface area contributed by atoms with Crippen molar-refractivity contribution < 1.29 is 4.42 Å². The van der Waals surface area contributed by atoms with Crippen LogP contribution >= 0.6 is 23.2 Å². The van der Waals surface area contributed by atoms with Gasteiger partial charge in [-0.15, -0.1) is 5.10 Å². The summed E-state index contributed by atoms with van der Waals surface area (Å²) in [6, 6.07) is 5.77. The van der Waals surface area contributed by atoms with Crippen molar-refractivity contribution in [3.63, 3.8) is 0 Å². The molecular formula is C12H14Cl2N4O. The summed E-state index contributed by atoms with van der Waals surface area (Å²) in [6.07, 6.45) is 0. The number of anilines is 2. The van der Waals surface area contributed by atoms with Crippen molar-refractivity contribution in [2.24, 2.45) is 0 Å². The van der Waals surface area contributed by atoms with Crippen LogP contribution in [0.2, 0.25) is 10.0 Å². The molecule has 0 atom stereocenters. The maximum Gasteiger partial charge on any atom is 0.320 e. The van der Waals surface area contributed by atoms with Crippen LogP contribution in [0.5, 0.6) is 0 Å². The van der Waals surface area contributed by atoms with E-state index in [0.29, 0.717) is 40.2 Å². The third-order valence-corrected chi connectivity index (χ3v) is 2.85. The second-order valence-corrected chi connectivity index (χ2v) is 5.13. The van der Waals surface area contributed by atoms with Gasteiger partial charge in [0.2, 0.25) is 5.89 Å². The number of aromatic nitrogens is 2.